The molecule has 29 heavy (non-hydrogen) atoms. The maximum atomic E-state index is 13.6. The zero-order valence-electron chi connectivity index (χ0n) is 15.7. The van der Waals surface area contributed by atoms with Crippen molar-refractivity contribution in [1.82, 2.24) is 10.3 Å². The number of pyridine rings is 1. The quantitative estimate of drug-likeness (QED) is 0.648. The normalized spacial score (nSPS) is 14.7. The van der Waals surface area contributed by atoms with Crippen molar-refractivity contribution in [2.45, 2.75) is 31.2 Å². The summed E-state index contributed by atoms with van der Waals surface area (Å²) in [4.78, 5) is 17.1. The van der Waals surface area contributed by atoms with Crippen LogP contribution in [0, 0.1) is 11.6 Å². The molecule has 148 valence electrons. The van der Waals surface area contributed by atoms with Crippen LogP contribution in [0.3, 0.4) is 0 Å². The Morgan fingerprint density at radius 1 is 1.03 bits per heavy atom. The number of ether oxygens (including phenoxy) is 1. The summed E-state index contributed by atoms with van der Waals surface area (Å²) >= 11 is 0. The zero-order chi connectivity index (χ0) is 20.3. The third-order valence-corrected chi connectivity index (χ3v) is 5.31. The topological polar surface area (TPSA) is 51.2 Å². The Morgan fingerprint density at radius 2 is 1.83 bits per heavy atom. The van der Waals surface area contributed by atoms with E-state index in [1.54, 1.807) is 24.4 Å². The molecule has 0 unspecified atom stereocenters. The molecule has 0 saturated heterocycles. The Hall–Kier alpha value is -3.28. The molecular weight excluding hydrogens is 374 g/mol. The van der Waals surface area contributed by atoms with Gasteiger partial charge in [0.2, 0.25) is 11.8 Å². The minimum absolute atomic E-state index is 0.104. The van der Waals surface area contributed by atoms with Crippen LogP contribution in [0.2, 0.25) is 0 Å². The molecule has 1 fully saturated rings. The number of aromatic nitrogens is 1. The summed E-state index contributed by atoms with van der Waals surface area (Å²) in [7, 11) is 0. The molecule has 1 N–H and O–H groups in total. The molecule has 3 aromatic rings. The average molecular weight is 394 g/mol. The fraction of sp³-hybridized carbons (Fsp3) is 0.217. The minimum atomic E-state index is -0.664. The van der Waals surface area contributed by atoms with E-state index >= 15 is 0 Å². The Bertz CT molecular complexity index is 1020. The van der Waals surface area contributed by atoms with Gasteiger partial charge in [0.15, 0.2) is 0 Å². The van der Waals surface area contributed by atoms with Crippen LogP contribution >= 0.6 is 0 Å². The lowest BCUT2D eigenvalue weighted by atomic mass is 9.64. The largest absolute Gasteiger partial charge is 0.439 e. The maximum absolute atomic E-state index is 13.6. The van der Waals surface area contributed by atoms with E-state index < -0.39 is 5.41 Å². The van der Waals surface area contributed by atoms with Crippen molar-refractivity contribution in [3.05, 3.63) is 89.6 Å². The van der Waals surface area contributed by atoms with Crippen molar-refractivity contribution in [3.63, 3.8) is 0 Å². The van der Waals surface area contributed by atoms with Gasteiger partial charge < -0.3 is 10.1 Å². The molecule has 1 saturated carbocycles. The van der Waals surface area contributed by atoms with Crippen molar-refractivity contribution in [2.75, 3.05) is 0 Å². The number of benzene rings is 2. The Morgan fingerprint density at radius 3 is 2.52 bits per heavy atom. The van der Waals surface area contributed by atoms with Crippen molar-refractivity contribution in [2.24, 2.45) is 0 Å². The SMILES string of the molecule is O=C(NCc1ccnc(Oc2ccc(F)cc2)c1)C1(c2cccc(F)c2)CCC1. The summed E-state index contributed by atoms with van der Waals surface area (Å²) < 4.78 is 32.3. The second-order valence-electron chi connectivity index (χ2n) is 7.19. The Labute approximate surface area is 167 Å². The molecule has 2 aromatic carbocycles. The number of carbonyl (C=O) groups excluding carboxylic acids is 1. The molecule has 0 atom stereocenters. The first-order valence-corrected chi connectivity index (χ1v) is 9.48. The Balaban J connectivity index is 1.43. The molecule has 4 rings (SSSR count). The smallest absolute Gasteiger partial charge is 0.230 e. The number of nitrogens with zero attached hydrogens (tertiary/aromatic N) is 1. The first-order chi connectivity index (χ1) is 14.0. The van der Waals surface area contributed by atoms with E-state index in [4.69, 9.17) is 4.74 Å². The van der Waals surface area contributed by atoms with Crippen LogP contribution in [0.5, 0.6) is 11.6 Å². The average Bonchev–Trinajstić information content (AvgIpc) is 2.68. The van der Waals surface area contributed by atoms with Gasteiger partial charge in [-0.25, -0.2) is 13.8 Å². The number of halogens is 2. The van der Waals surface area contributed by atoms with Gasteiger partial charge in [-0.3, -0.25) is 4.79 Å². The van der Waals surface area contributed by atoms with E-state index in [1.807, 2.05) is 6.07 Å². The summed E-state index contributed by atoms with van der Waals surface area (Å²) in [5.41, 5.74) is 0.873. The molecular formula is C23H20F2N2O2. The zero-order valence-corrected chi connectivity index (χ0v) is 15.7. The maximum Gasteiger partial charge on any atom is 0.230 e. The van der Waals surface area contributed by atoms with Crippen LogP contribution in [0.1, 0.15) is 30.4 Å². The van der Waals surface area contributed by atoms with Crippen LogP contribution in [-0.2, 0) is 16.8 Å². The predicted octanol–water partition coefficient (Wildman–Crippen LogP) is 4.89. The number of carbonyl (C=O) groups is 1. The molecule has 1 aliphatic rings. The first-order valence-electron chi connectivity index (χ1n) is 9.48. The van der Waals surface area contributed by atoms with Crippen molar-refractivity contribution in [3.8, 4) is 11.6 Å². The Kier molecular flexibility index (Phi) is 5.25. The van der Waals surface area contributed by atoms with Gasteiger partial charge in [0.05, 0.1) is 5.41 Å². The molecule has 0 spiro atoms. The van der Waals surface area contributed by atoms with Gasteiger partial charge in [-0.05, 0) is 66.4 Å². The van der Waals surface area contributed by atoms with E-state index in [2.05, 4.69) is 10.3 Å². The molecule has 6 heteroatoms. The summed E-state index contributed by atoms with van der Waals surface area (Å²) in [6, 6.07) is 15.4. The molecule has 0 radical (unpaired) electrons. The van der Waals surface area contributed by atoms with E-state index in [1.165, 1.54) is 36.4 Å². The van der Waals surface area contributed by atoms with Crippen molar-refractivity contribution < 1.29 is 18.3 Å². The third kappa shape index (κ3) is 4.11. The first kappa shape index (κ1) is 19.1. The number of rotatable bonds is 6. The highest BCUT2D eigenvalue weighted by molar-refractivity contribution is 5.89. The van der Waals surface area contributed by atoms with Gasteiger partial charge in [0.1, 0.15) is 17.4 Å². The fourth-order valence-electron chi connectivity index (χ4n) is 3.55. The molecule has 1 amide bonds. The summed E-state index contributed by atoms with van der Waals surface area (Å²) in [5.74, 6) is 0.0434. The lowest BCUT2D eigenvalue weighted by Gasteiger charge is -2.40. The molecule has 1 aliphatic carbocycles. The molecule has 0 aliphatic heterocycles. The van der Waals surface area contributed by atoms with E-state index in [-0.39, 0.29) is 17.5 Å². The van der Waals surface area contributed by atoms with E-state index in [0.717, 1.165) is 17.5 Å². The summed E-state index contributed by atoms with van der Waals surface area (Å²) in [6.45, 7) is 0.304. The van der Waals surface area contributed by atoms with Gasteiger partial charge in [-0.15, -0.1) is 0 Å². The summed E-state index contributed by atoms with van der Waals surface area (Å²) in [6.07, 6.45) is 3.94. The van der Waals surface area contributed by atoms with Crippen LogP contribution in [0.25, 0.3) is 0 Å². The van der Waals surface area contributed by atoms with E-state index in [0.29, 0.717) is 31.0 Å². The van der Waals surface area contributed by atoms with E-state index in [9.17, 15) is 13.6 Å². The van der Waals surface area contributed by atoms with Gasteiger partial charge in [0.25, 0.3) is 0 Å². The van der Waals surface area contributed by atoms with Crippen molar-refractivity contribution >= 4 is 5.91 Å². The van der Waals surface area contributed by atoms with Crippen LogP contribution in [-0.4, -0.2) is 10.9 Å². The highest BCUT2D eigenvalue weighted by Crippen LogP contribution is 2.44. The number of amides is 1. The molecule has 1 heterocycles. The minimum Gasteiger partial charge on any atom is -0.439 e. The van der Waals surface area contributed by atoms with Crippen LogP contribution in [0.15, 0.2) is 66.9 Å². The highest BCUT2D eigenvalue weighted by atomic mass is 19.1. The molecule has 0 bridgehead atoms. The fourth-order valence-corrected chi connectivity index (χ4v) is 3.55. The predicted molar refractivity (Wildman–Crippen MR) is 104 cm³/mol. The second kappa shape index (κ2) is 7.99. The van der Waals surface area contributed by atoms with Gasteiger partial charge >= 0.3 is 0 Å². The number of nitrogens with one attached hydrogen (secondary N) is 1. The summed E-state index contributed by atoms with van der Waals surface area (Å²) in [5, 5.41) is 2.96. The monoisotopic (exact) mass is 394 g/mol. The standard InChI is InChI=1S/C23H20F2N2O2/c24-18-5-7-20(8-6-18)29-21-13-16(9-12-26-21)15-27-22(28)23(10-2-11-23)17-3-1-4-19(25)14-17/h1,3-9,12-14H,2,10-11,15H2,(H,27,28). The third-order valence-electron chi connectivity index (χ3n) is 5.31. The number of hydrogen-bond donors (Lipinski definition) is 1. The highest BCUT2D eigenvalue weighted by Gasteiger charge is 2.45. The number of hydrogen-bond acceptors (Lipinski definition) is 3. The van der Waals surface area contributed by atoms with Crippen molar-refractivity contribution in [1.29, 1.82) is 0 Å². The molecule has 1 aromatic heterocycles. The van der Waals surface area contributed by atoms with Crippen LogP contribution < -0.4 is 10.1 Å². The molecule has 4 nitrogen and oxygen atoms in total. The second-order valence-corrected chi connectivity index (χ2v) is 7.19. The lowest BCUT2D eigenvalue weighted by molar-refractivity contribution is -0.130. The van der Waals surface area contributed by atoms with Gasteiger partial charge in [-0.2, -0.15) is 0 Å². The van der Waals surface area contributed by atoms with Crippen LogP contribution in [0.4, 0.5) is 8.78 Å². The lowest BCUT2D eigenvalue weighted by Crippen LogP contribution is -2.49. The van der Waals surface area contributed by atoms with Gasteiger partial charge in [-0.1, -0.05) is 18.6 Å². The van der Waals surface area contributed by atoms with Gasteiger partial charge in [0, 0.05) is 18.8 Å².